The molecule has 1 saturated carbocycles. The molecule has 0 amide bonds. The minimum atomic E-state index is -1.83. The van der Waals surface area contributed by atoms with Gasteiger partial charge in [-0.15, -0.1) is 12.4 Å². The van der Waals surface area contributed by atoms with Crippen LogP contribution in [0.1, 0.15) is 31.7 Å². The van der Waals surface area contributed by atoms with E-state index in [1.165, 1.54) is 12.1 Å². The maximum Gasteiger partial charge on any atom is 0.503 e. The van der Waals surface area contributed by atoms with Gasteiger partial charge in [0.25, 0.3) is 0 Å². The molecule has 3 aliphatic rings. The number of halogens is 3. The van der Waals surface area contributed by atoms with Crippen molar-refractivity contribution in [1.82, 2.24) is 9.88 Å². The zero-order valence-corrected chi connectivity index (χ0v) is 17.0. The Balaban J connectivity index is 0.000000473. The highest BCUT2D eigenvalue weighted by atomic mass is 35.5. The number of benzene rings is 1. The van der Waals surface area contributed by atoms with E-state index in [0.717, 1.165) is 32.2 Å². The number of fused-ring (bicyclic) bond motifs is 2. The first-order valence-electron chi connectivity index (χ1n) is 9.80. The molecule has 0 bridgehead atoms. The predicted molar refractivity (Wildman–Crippen MR) is 111 cm³/mol. The number of nitrogens with zero attached hydrogens (tertiary/aromatic N) is 2. The van der Waals surface area contributed by atoms with Crippen molar-refractivity contribution in [2.24, 2.45) is 5.92 Å². The monoisotopic (exact) mass is 443 g/mol. The highest BCUT2D eigenvalue weighted by Crippen LogP contribution is 2.40. The summed E-state index contributed by atoms with van der Waals surface area (Å²) in [5.41, 5.74) is -0.0362. The Kier molecular flexibility index (Phi) is 6.52. The molecule has 0 spiro atoms. The molecule has 1 aromatic heterocycles. The molecule has 30 heavy (non-hydrogen) atoms. The van der Waals surface area contributed by atoms with Crippen LogP contribution >= 0.6 is 12.4 Å². The van der Waals surface area contributed by atoms with Crippen LogP contribution in [0.25, 0.3) is 10.9 Å². The molecule has 0 radical (unpaired) electrons. The highest BCUT2D eigenvalue weighted by Gasteiger charge is 2.37. The van der Waals surface area contributed by atoms with Crippen molar-refractivity contribution in [1.29, 1.82) is 0 Å². The second-order valence-corrected chi connectivity index (χ2v) is 7.89. The van der Waals surface area contributed by atoms with Gasteiger partial charge < -0.3 is 25.0 Å². The molecule has 3 heterocycles. The number of piperidine rings is 1. The SMILES string of the molecule is Cl.O=C(O)O.O=c1ccn(C2CC2)c2c(F)c(N3C[C@H]4CCCN[C@H]4C3)c(F)cc12. The largest absolute Gasteiger partial charge is 0.503 e. The van der Waals surface area contributed by atoms with Gasteiger partial charge in [0.2, 0.25) is 0 Å². The number of carbonyl (C=O) groups is 1. The Labute approximate surface area is 177 Å². The van der Waals surface area contributed by atoms with Crippen molar-refractivity contribution in [2.75, 3.05) is 24.5 Å². The number of hydrogen-bond donors (Lipinski definition) is 3. The lowest BCUT2D eigenvalue weighted by molar-refractivity contribution is 0.137. The Hall–Kier alpha value is -2.39. The Morgan fingerprint density at radius 1 is 1.17 bits per heavy atom. The van der Waals surface area contributed by atoms with E-state index in [1.54, 1.807) is 6.20 Å². The zero-order valence-electron chi connectivity index (χ0n) is 16.2. The first-order chi connectivity index (χ1) is 13.9. The first kappa shape index (κ1) is 22.3. The van der Waals surface area contributed by atoms with Crippen molar-refractivity contribution >= 4 is 35.2 Å². The maximum atomic E-state index is 15.4. The number of carboxylic acid groups (broad SMARTS) is 2. The average molecular weight is 444 g/mol. The van der Waals surface area contributed by atoms with Crippen LogP contribution in [0.3, 0.4) is 0 Å². The van der Waals surface area contributed by atoms with Gasteiger partial charge in [-0.05, 0) is 44.2 Å². The van der Waals surface area contributed by atoms with Crippen molar-refractivity contribution in [3.05, 3.63) is 40.2 Å². The summed E-state index contributed by atoms with van der Waals surface area (Å²) in [4.78, 5) is 22.5. The number of anilines is 1. The lowest BCUT2D eigenvalue weighted by atomic mass is 9.94. The van der Waals surface area contributed by atoms with E-state index in [4.69, 9.17) is 15.0 Å². The molecule has 0 unspecified atom stereocenters. The predicted octanol–water partition coefficient (Wildman–Crippen LogP) is 3.45. The molecule has 1 aromatic carbocycles. The van der Waals surface area contributed by atoms with Crippen LogP contribution in [0.5, 0.6) is 0 Å². The van der Waals surface area contributed by atoms with Gasteiger partial charge in [0.1, 0.15) is 11.5 Å². The van der Waals surface area contributed by atoms with Crippen molar-refractivity contribution < 1.29 is 23.8 Å². The minimum Gasteiger partial charge on any atom is -0.450 e. The van der Waals surface area contributed by atoms with Gasteiger partial charge in [-0.2, -0.15) is 0 Å². The summed E-state index contributed by atoms with van der Waals surface area (Å²) in [6.45, 7) is 2.25. The summed E-state index contributed by atoms with van der Waals surface area (Å²) < 4.78 is 32.0. The molecule has 2 atom stereocenters. The van der Waals surface area contributed by atoms with Gasteiger partial charge in [0.15, 0.2) is 11.2 Å². The number of rotatable bonds is 2. The summed E-state index contributed by atoms with van der Waals surface area (Å²) in [7, 11) is 0. The molecular formula is C20H24ClF2N3O4. The van der Waals surface area contributed by atoms with Crippen LogP contribution in [-0.2, 0) is 0 Å². The van der Waals surface area contributed by atoms with E-state index in [-0.39, 0.29) is 40.5 Å². The Morgan fingerprint density at radius 3 is 2.50 bits per heavy atom. The van der Waals surface area contributed by atoms with Crippen LogP contribution in [0.2, 0.25) is 0 Å². The van der Waals surface area contributed by atoms with Gasteiger partial charge >= 0.3 is 6.16 Å². The molecule has 2 aromatic rings. The lowest BCUT2D eigenvalue weighted by Crippen LogP contribution is -2.40. The van der Waals surface area contributed by atoms with E-state index < -0.39 is 17.8 Å². The highest BCUT2D eigenvalue weighted by molar-refractivity contribution is 5.85. The van der Waals surface area contributed by atoms with E-state index in [0.29, 0.717) is 25.0 Å². The first-order valence-corrected chi connectivity index (χ1v) is 9.80. The third kappa shape index (κ3) is 4.22. The van der Waals surface area contributed by atoms with E-state index >= 15 is 4.39 Å². The molecule has 164 valence electrons. The van der Waals surface area contributed by atoms with Crippen LogP contribution in [0.15, 0.2) is 23.1 Å². The van der Waals surface area contributed by atoms with E-state index in [9.17, 15) is 9.18 Å². The third-order valence-electron chi connectivity index (χ3n) is 5.93. The van der Waals surface area contributed by atoms with Gasteiger partial charge in [-0.1, -0.05) is 0 Å². The number of aromatic nitrogens is 1. The van der Waals surface area contributed by atoms with Gasteiger partial charge in [0, 0.05) is 37.4 Å². The zero-order chi connectivity index (χ0) is 20.7. The van der Waals surface area contributed by atoms with Crippen molar-refractivity contribution in [2.45, 2.75) is 37.8 Å². The average Bonchev–Trinajstić information content (AvgIpc) is 3.41. The number of pyridine rings is 1. The fourth-order valence-corrected chi connectivity index (χ4v) is 4.53. The molecular weight excluding hydrogens is 420 g/mol. The van der Waals surface area contributed by atoms with Crippen molar-refractivity contribution in [3.63, 3.8) is 0 Å². The molecule has 1 aliphatic carbocycles. The topological polar surface area (TPSA) is 94.8 Å². The molecule has 2 aliphatic heterocycles. The number of nitrogens with one attached hydrogen (secondary N) is 1. The molecule has 3 fully saturated rings. The van der Waals surface area contributed by atoms with Crippen LogP contribution in [-0.4, -0.2) is 46.6 Å². The van der Waals surface area contributed by atoms with Crippen LogP contribution in [0, 0.1) is 17.6 Å². The molecule has 7 nitrogen and oxygen atoms in total. The lowest BCUT2D eigenvalue weighted by Gasteiger charge is -2.24. The standard InChI is InChI=1S/C19H21F2N3O.CH2O3.ClH/c20-14-8-13-16(25)5-7-24(12-3-4-12)18(13)17(21)19(14)23-9-11-2-1-6-22-15(11)10-23;2-1(3)4;/h5,7-8,11-12,15,22H,1-4,6,9-10H2;(H2,2,3,4);1H/t11-,15+;;/m1../s1. The molecule has 3 N–H and O–H groups in total. The second kappa shape index (κ2) is 8.77. The summed E-state index contributed by atoms with van der Waals surface area (Å²) in [6, 6.07) is 3.15. The van der Waals surface area contributed by atoms with Crippen LogP contribution in [0.4, 0.5) is 19.3 Å². The van der Waals surface area contributed by atoms with Gasteiger partial charge in [0.05, 0.1) is 10.9 Å². The quantitative estimate of drug-likeness (QED) is 0.658. The number of hydrogen-bond acceptors (Lipinski definition) is 4. The second-order valence-electron chi connectivity index (χ2n) is 7.89. The normalized spacial score (nSPS) is 22.7. The summed E-state index contributed by atoms with van der Waals surface area (Å²) in [5.74, 6) is -0.780. The molecule has 2 saturated heterocycles. The van der Waals surface area contributed by atoms with Crippen LogP contribution < -0.4 is 15.6 Å². The Bertz CT molecular complexity index is 994. The molecule has 10 heteroatoms. The fourth-order valence-electron chi connectivity index (χ4n) is 4.53. The van der Waals surface area contributed by atoms with Gasteiger partial charge in [-0.3, -0.25) is 4.79 Å². The summed E-state index contributed by atoms with van der Waals surface area (Å²) in [5, 5.41) is 17.5. The summed E-state index contributed by atoms with van der Waals surface area (Å²) >= 11 is 0. The van der Waals surface area contributed by atoms with E-state index in [2.05, 4.69) is 5.32 Å². The minimum absolute atomic E-state index is 0. The van der Waals surface area contributed by atoms with Gasteiger partial charge in [-0.25, -0.2) is 13.6 Å². The maximum absolute atomic E-state index is 15.4. The van der Waals surface area contributed by atoms with Crippen molar-refractivity contribution in [3.8, 4) is 0 Å². The fraction of sp³-hybridized carbons (Fsp3) is 0.500. The summed E-state index contributed by atoms with van der Waals surface area (Å²) in [6.07, 6.45) is 3.97. The third-order valence-corrected chi connectivity index (χ3v) is 5.93. The molecule has 5 rings (SSSR count). The Morgan fingerprint density at radius 2 is 1.87 bits per heavy atom. The van der Waals surface area contributed by atoms with E-state index in [1.807, 2.05) is 9.47 Å². The smallest absolute Gasteiger partial charge is 0.450 e.